The normalized spacial score (nSPS) is 23.5. The number of rotatable bonds is 4. The average molecular weight is 254 g/mol. The number of nitrogens with zero attached hydrogens (tertiary/aromatic N) is 3. The highest BCUT2D eigenvalue weighted by Gasteiger charge is 2.27. The molecular weight excluding hydrogens is 232 g/mol. The van der Waals surface area contributed by atoms with Gasteiger partial charge in [-0.25, -0.2) is 0 Å². The molecular formula is C12H22N4O2. The molecule has 2 rings (SSSR count). The summed E-state index contributed by atoms with van der Waals surface area (Å²) in [5.74, 6) is 1.11. The van der Waals surface area contributed by atoms with Crippen molar-refractivity contribution < 1.29 is 9.26 Å². The van der Waals surface area contributed by atoms with Gasteiger partial charge in [0.15, 0.2) is 0 Å². The molecule has 2 N–H and O–H groups in total. The number of hydrogen-bond acceptors (Lipinski definition) is 6. The summed E-state index contributed by atoms with van der Waals surface area (Å²) in [6.45, 7) is 8.80. The summed E-state index contributed by atoms with van der Waals surface area (Å²) in [5, 5.41) is 3.98. The van der Waals surface area contributed by atoms with E-state index in [0.29, 0.717) is 24.4 Å². The third kappa shape index (κ3) is 2.88. The van der Waals surface area contributed by atoms with Crippen LogP contribution in [0.25, 0.3) is 0 Å². The van der Waals surface area contributed by atoms with Crippen LogP contribution in [0.5, 0.6) is 0 Å². The first-order valence-corrected chi connectivity index (χ1v) is 6.56. The van der Waals surface area contributed by atoms with Gasteiger partial charge in [-0.2, -0.15) is 4.98 Å². The van der Waals surface area contributed by atoms with E-state index in [1.54, 1.807) is 0 Å². The van der Waals surface area contributed by atoms with Crippen LogP contribution >= 0.6 is 0 Å². The standard InChI is InChI=1S/C12H22N4O2/c1-4-9(13)12-14-11(15-18-12)10-7-16(8(2)3)5-6-17-10/h8-10H,4-7,13H2,1-3H3/t9-,10?/m1/s1. The highest BCUT2D eigenvalue weighted by molar-refractivity contribution is 4.97. The quantitative estimate of drug-likeness (QED) is 0.871. The number of ether oxygens (including phenoxy) is 1. The maximum atomic E-state index is 5.87. The maximum Gasteiger partial charge on any atom is 0.243 e. The number of aromatic nitrogens is 2. The molecule has 6 nitrogen and oxygen atoms in total. The van der Waals surface area contributed by atoms with Crippen LogP contribution in [0.2, 0.25) is 0 Å². The predicted octanol–water partition coefficient (Wildman–Crippen LogP) is 1.26. The molecule has 0 aromatic carbocycles. The van der Waals surface area contributed by atoms with Gasteiger partial charge in [0.05, 0.1) is 12.6 Å². The van der Waals surface area contributed by atoms with Gasteiger partial charge in [-0.1, -0.05) is 12.1 Å². The van der Waals surface area contributed by atoms with Crippen molar-refractivity contribution in [3.63, 3.8) is 0 Å². The molecule has 18 heavy (non-hydrogen) atoms. The lowest BCUT2D eigenvalue weighted by Crippen LogP contribution is -2.42. The van der Waals surface area contributed by atoms with Crippen molar-refractivity contribution in [2.24, 2.45) is 5.73 Å². The van der Waals surface area contributed by atoms with Gasteiger partial charge in [0, 0.05) is 19.1 Å². The van der Waals surface area contributed by atoms with Crippen molar-refractivity contribution in [2.75, 3.05) is 19.7 Å². The van der Waals surface area contributed by atoms with E-state index >= 15 is 0 Å². The molecule has 1 fully saturated rings. The SMILES string of the molecule is CC[C@@H](N)c1nc(C2CN(C(C)C)CCO2)no1. The second kappa shape index (κ2) is 5.77. The van der Waals surface area contributed by atoms with Crippen LogP contribution in [0.4, 0.5) is 0 Å². The van der Waals surface area contributed by atoms with E-state index < -0.39 is 0 Å². The highest BCUT2D eigenvalue weighted by atomic mass is 16.5. The Labute approximate surface area is 107 Å². The summed E-state index contributed by atoms with van der Waals surface area (Å²) >= 11 is 0. The lowest BCUT2D eigenvalue weighted by atomic mass is 10.2. The fourth-order valence-electron chi connectivity index (χ4n) is 2.00. The molecule has 1 unspecified atom stereocenters. The molecule has 1 aromatic heterocycles. The lowest BCUT2D eigenvalue weighted by Gasteiger charge is -2.34. The van der Waals surface area contributed by atoms with Crippen molar-refractivity contribution in [1.82, 2.24) is 15.0 Å². The Morgan fingerprint density at radius 3 is 2.94 bits per heavy atom. The van der Waals surface area contributed by atoms with Gasteiger partial charge >= 0.3 is 0 Å². The summed E-state index contributed by atoms with van der Waals surface area (Å²) in [6.07, 6.45) is 0.674. The van der Waals surface area contributed by atoms with Gasteiger partial charge in [0.2, 0.25) is 11.7 Å². The van der Waals surface area contributed by atoms with E-state index in [2.05, 4.69) is 28.9 Å². The lowest BCUT2D eigenvalue weighted by molar-refractivity contribution is -0.0450. The van der Waals surface area contributed by atoms with Crippen LogP contribution in [-0.2, 0) is 4.74 Å². The first kappa shape index (κ1) is 13.5. The van der Waals surface area contributed by atoms with E-state index in [1.165, 1.54) is 0 Å². The summed E-state index contributed by atoms with van der Waals surface area (Å²) in [6, 6.07) is 0.316. The molecule has 0 radical (unpaired) electrons. The first-order valence-electron chi connectivity index (χ1n) is 6.56. The third-order valence-corrected chi connectivity index (χ3v) is 3.33. The van der Waals surface area contributed by atoms with E-state index in [-0.39, 0.29) is 12.1 Å². The van der Waals surface area contributed by atoms with Gasteiger partial charge in [0.1, 0.15) is 6.10 Å². The second-order valence-electron chi connectivity index (χ2n) is 4.95. The summed E-state index contributed by atoms with van der Waals surface area (Å²) in [4.78, 5) is 6.70. The zero-order valence-electron chi connectivity index (χ0n) is 11.3. The van der Waals surface area contributed by atoms with Crippen molar-refractivity contribution in [2.45, 2.75) is 45.4 Å². The van der Waals surface area contributed by atoms with Gasteiger partial charge < -0.3 is 15.0 Å². The molecule has 2 atom stereocenters. The second-order valence-corrected chi connectivity index (χ2v) is 4.95. The Bertz CT molecular complexity index is 380. The van der Waals surface area contributed by atoms with E-state index in [4.69, 9.17) is 15.0 Å². The van der Waals surface area contributed by atoms with Gasteiger partial charge in [-0.3, -0.25) is 4.90 Å². The summed E-state index contributed by atoms with van der Waals surface area (Å²) in [5.41, 5.74) is 5.87. The predicted molar refractivity (Wildman–Crippen MR) is 66.9 cm³/mol. The van der Waals surface area contributed by atoms with Crippen molar-refractivity contribution in [3.05, 3.63) is 11.7 Å². The van der Waals surface area contributed by atoms with Crippen LogP contribution in [0.1, 0.15) is 51.1 Å². The van der Waals surface area contributed by atoms with E-state index in [0.717, 1.165) is 19.5 Å². The number of morpholine rings is 1. The molecule has 0 amide bonds. The van der Waals surface area contributed by atoms with Gasteiger partial charge in [-0.15, -0.1) is 0 Å². The molecule has 0 bridgehead atoms. The zero-order chi connectivity index (χ0) is 13.1. The third-order valence-electron chi connectivity index (χ3n) is 3.33. The maximum absolute atomic E-state index is 5.87. The summed E-state index contributed by atoms with van der Waals surface area (Å²) in [7, 11) is 0. The molecule has 1 saturated heterocycles. The smallest absolute Gasteiger partial charge is 0.243 e. The molecule has 1 aliphatic rings. The summed E-state index contributed by atoms with van der Waals surface area (Å²) < 4.78 is 10.9. The fraction of sp³-hybridized carbons (Fsp3) is 0.833. The minimum Gasteiger partial charge on any atom is -0.367 e. The van der Waals surface area contributed by atoms with E-state index in [9.17, 15) is 0 Å². The van der Waals surface area contributed by atoms with Crippen molar-refractivity contribution >= 4 is 0 Å². The Morgan fingerprint density at radius 2 is 2.28 bits per heavy atom. The molecule has 1 aromatic rings. The molecule has 0 saturated carbocycles. The zero-order valence-corrected chi connectivity index (χ0v) is 11.3. The average Bonchev–Trinajstić information content (AvgIpc) is 2.87. The highest BCUT2D eigenvalue weighted by Crippen LogP contribution is 2.22. The van der Waals surface area contributed by atoms with Crippen LogP contribution in [0.3, 0.4) is 0 Å². The fourth-order valence-corrected chi connectivity index (χ4v) is 2.00. The van der Waals surface area contributed by atoms with Crippen LogP contribution in [0.15, 0.2) is 4.52 Å². The molecule has 102 valence electrons. The minimum atomic E-state index is -0.184. The number of nitrogens with two attached hydrogens (primary N) is 1. The van der Waals surface area contributed by atoms with Gasteiger partial charge in [0.25, 0.3) is 0 Å². The van der Waals surface area contributed by atoms with Crippen LogP contribution < -0.4 is 5.73 Å². The molecule has 0 spiro atoms. The first-order chi connectivity index (χ1) is 8.61. The molecule has 2 heterocycles. The van der Waals surface area contributed by atoms with Crippen LogP contribution in [0, 0.1) is 0 Å². The number of hydrogen-bond donors (Lipinski definition) is 1. The molecule has 0 aliphatic carbocycles. The Kier molecular flexibility index (Phi) is 4.31. The molecule has 1 aliphatic heterocycles. The van der Waals surface area contributed by atoms with Crippen LogP contribution in [-0.4, -0.2) is 40.8 Å². The monoisotopic (exact) mass is 254 g/mol. The van der Waals surface area contributed by atoms with Crippen molar-refractivity contribution in [1.29, 1.82) is 0 Å². The minimum absolute atomic E-state index is 0.109. The van der Waals surface area contributed by atoms with Crippen molar-refractivity contribution in [3.8, 4) is 0 Å². The largest absolute Gasteiger partial charge is 0.367 e. The Hall–Kier alpha value is -0.980. The van der Waals surface area contributed by atoms with Gasteiger partial charge in [-0.05, 0) is 20.3 Å². The van der Waals surface area contributed by atoms with E-state index in [1.807, 2.05) is 6.92 Å². The Morgan fingerprint density at radius 1 is 1.50 bits per heavy atom. The molecule has 6 heteroatoms. The Balaban J connectivity index is 2.04. The topological polar surface area (TPSA) is 77.4 Å².